The van der Waals surface area contributed by atoms with Crippen LogP contribution in [0.15, 0.2) is 18.3 Å². The van der Waals surface area contributed by atoms with E-state index in [1.165, 1.54) is 0 Å². The number of nitrogens with zero attached hydrogens (tertiary/aromatic N) is 2. The molecule has 7 heteroatoms. The summed E-state index contributed by atoms with van der Waals surface area (Å²) in [5.41, 5.74) is 0.957. The number of ether oxygens (including phenoxy) is 3. The number of likely N-dealkylation sites (tertiary alicyclic amines) is 1. The van der Waals surface area contributed by atoms with Crippen molar-refractivity contribution in [2.24, 2.45) is 5.92 Å². The Balaban J connectivity index is 1.54. The van der Waals surface area contributed by atoms with Crippen molar-refractivity contribution in [1.82, 2.24) is 15.2 Å². The van der Waals surface area contributed by atoms with Crippen molar-refractivity contribution in [3.05, 3.63) is 23.9 Å². The first-order chi connectivity index (χ1) is 11.6. The molecule has 2 aliphatic heterocycles. The summed E-state index contributed by atoms with van der Waals surface area (Å²) >= 11 is 0. The molecule has 2 fully saturated rings. The molecule has 0 bridgehead atoms. The number of carbonyl (C=O) groups is 1. The Bertz CT molecular complexity index is 575. The molecule has 0 aromatic carbocycles. The van der Waals surface area contributed by atoms with E-state index in [1.807, 2.05) is 24.0 Å². The maximum absolute atomic E-state index is 12.5. The van der Waals surface area contributed by atoms with Gasteiger partial charge in [0.15, 0.2) is 5.79 Å². The number of hydrogen-bond acceptors (Lipinski definition) is 5. The maximum atomic E-state index is 12.5. The van der Waals surface area contributed by atoms with Crippen LogP contribution in [0.4, 0.5) is 4.79 Å². The molecule has 2 amide bonds. The smallest absolute Gasteiger partial charge is 0.317 e. The molecule has 132 valence electrons. The van der Waals surface area contributed by atoms with Crippen LogP contribution in [0.25, 0.3) is 0 Å². The summed E-state index contributed by atoms with van der Waals surface area (Å²) < 4.78 is 16.6. The fraction of sp³-hybridized carbons (Fsp3) is 0.647. The van der Waals surface area contributed by atoms with Gasteiger partial charge in [-0.25, -0.2) is 9.78 Å². The number of piperidine rings is 1. The van der Waals surface area contributed by atoms with E-state index in [2.05, 4.69) is 10.3 Å². The van der Waals surface area contributed by atoms with Crippen LogP contribution in [0.5, 0.6) is 5.88 Å². The van der Waals surface area contributed by atoms with Gasteiger partial charge in [-0.15, -0.1) is 0 Å². The zero-order chi connectivity index (χ0) is 17.0. The molecule has 0 unspecified atom stereocenters. The van der Waals surface area contributed by atoms with Crippen LogP contribution >= 0.6 is 0 Å². The Kier molecular flexibility index (Phi) is 5.20. The van der Waals surface area contributed by atoms with Gasteiger partial charge in [0.1, 0.15) is 0 Å². The van der Waals surface area contributed by atoms with Crippen molar-refractivity contribution in [3.63, 3.8) is 0 Å². The van der Waals surface area contributed by atoms with Crippen LogP contribution < -0.4 is 10.1 Å². The summed E-state index contributed by atoms with van der Waals surface area (Å²) in [5, 5.41) is 2.97. The zero-order valence-corrected chi connectivity index (χ0v) is 14.3. The minimum atomic E-state index is -0.558. The Morgan fingerprint density at radius 3 is 3.04 bits per heavy atom. The summed E-state index contributed by atoms with van der Waals surface area (Å²) in [5.74, 6) is 0.195. The van der Waals surface area contributed by atoms with Gasteiger partial charge in [0.25, 0.3) is 0 Å². The van der Waals surface area contributed by atoms with Gasteiger partial charge >= 0.3 is 6.03 Å². The van der Waals surface area contributed by atoms with Crippen LogP contribution in [0, 0.1) is 5.92 Å². The van der Waals surface area contributed by atoms with Gasteiger partial charge in [-0.1, -0.05) is 0 Å². The lowest BCUT2D eigenvalue weighted by Gasteiger charge is -2.39. The van der Waals surface area contributed by atoms with E-state index in [1.54, 1.807) is 13.3 Å². The number of rotatable bonds is 4. The van der Waals surface area contributed by atoms with Gasteiger partial charge in [0.05, 0.1) is 20.3 Å². The molecule has 1 atom stereocenters. The first-order valence-corrected chi connectivity index (χ1v) is 8.40. The van der Waals surface area contributed by atoms with Gasteiger partial charge in [0.2, 0.25) is 5.88 Å². The third-order valence-corrected chi connectivity index (χ3v) is 4.76. The molecule has 24 heavy (non-hydrogen) atoms. The summed E-state index contributed by atoms with van der Waals surface area (Å²) in [4.78, 5) is 18.4. The number of aromatic nitrogens is 1. The average Bonchev–Trinajstić information content (AvgIpc) is 3.08. The highest BCUT2D eigenvalue weighted by molar-refractivity contribution is 5.74. The number of amides is 2. The predicted molar refractivity (Wildman–Crippen MR) is 87.6 cm³/mol. The van der Waals surface area contributed by atoms with Crippen LogP contribution in [0.3, 0.4) is 0 Å². The molecule has 0 radical (unpaired) electrons. The summed E-state index contributed by atoms with van der Waals surface area (Å²) in [6.07, 6.45) is 3.65. The Labute approximate surface area is 142 Å². The van der Waals surface area contributed by atoms with E-state index in [0.29, 0.717) is 32.2 Å². The lowest BCUT2D eigenvalue weighted by atomic mass is 9.90. The van der Waals surface area contributed by atoms with Crippen LogP contribution in [-0.4, -0.2) is 55.1 Å². The standard InChI is InChI=1S/C17H25N3O4/c1-17(23-8-9-24-17)14-4-3-7-20(12-14)16(21)19-11-13-5-6-18-15(10-13)22-2/h5-6,10,14H,3-4,7-9,11-12H2,1-2H3,(H,19,21)/t14-/m1/s1. The third kappa shape index (κ3) is 3.79. The molecule has 0 aliphatic carbocycles. The maximum Gasteiger partial charge on any atom is 0.317 e. The minimum Gasteiger partial charge on any atom is -0.481 e. The number of nitrogens with one attached hydrogen (secondary N) is 1. The van der Waals surface area contributed by atoms with Gasteiger partial charge in [0, 0.05) is 37.8 Å². The zero-order valence-electron chi connectivity index (χ0n) is 14.3. The Morgan fingerprint density at radius 1 is 1.50 bits per heavy atom. The van der Waals surface area contributed by atoms with E-state index in [9.17, 15) is 4.79 Å². The molecule has 2 saturated heterocycles. The van der Waals surface area contributed by atoms with E-state index in [-0.39, 0.29) is 11.9 Å². The fourth-order valence-corrected chi connectivity index (χ4v) is 3.32. The van der Waals surface area contributed by atoms with E-state index >= 15 is 0 Å². The molecule has 1 N–H and O–H groups in total. The summed E-state index contributed by atoms with van der Waals surface area (Å²) in [7, 11) is 1.58. The third-order valence-electron chi connectivity index (χ3n) is 4.76. The average molecular weight is 335 g/mol. The van der Waals surface area contributed by atoms with Crippen LogP contribution in [0.1, 0.15) is 25.3 Å². The number of methoxy groups -OCH3 is 1. The van der Waals surface area contributed by atoms with Crippen molar-refractivity contribution >= 4 is 6.03 Å². The molecule has 1 aromatic rings. The lowest BCUT2D eigenvalue weighted by Crippen LogP contribution is -2.51. The second-order valence-electron chi connectivity index (χ2n) is 6.36. The highest BCUT2D eigenvalue weighted by Crippen LogP contribution is 2.34. The van der Waals surface area contributed by atoms with Crippen molar-refractivity contribution in [1.29, 1.82) is 0 Å². The molecule has 0 spiro atoms. The molecule has 0 saturated carbocycles. The normalized spacial score (nSPS) is 23.1. The van der Waals surface area contributed by atoms with Gasteiger partial charge in [-0.3, -0.25) is 0 Å². The number of pyridine rings is 1. The lowest BCUT2D eigenvalue weighted by molar-refractivity contribution is -0.189. The van der Waals surface area contributed by atoms with Crippen molar-refractivity contribution < 1.29 is 19.0 Å². The number of hydrogen-bond donors (Lipinski definition) is 1. The molecule has 3 heterocycles. The van der Waals surface area contributed by atoms with Crippen LogP contribution in [-0.2, 0) is 16.0 Å². The molecule has 2 aliphatic rings. The monoisotopic (exact) mass is 335 g/mol. The first-order valence-electron chi connectivity index (χ1n) is 8.40. The number of carbonyl (C=O) groups excluding carboxylic acids is 1. The number of urea groups is 1. The predicted octanol–water partition coefficient (Wildman–Crippen LogP) is 1.77. The van der Waals surface area contributed by atoms with Gasteiger partial charge in [-0.05, 0) is 31.4 Å². The fourth-order valence-electron chi connectivity index (χ4n) is 3.32. The quantitative estimate of drug-likeness (QED) is 0.908. The Hall–Kier alpha value is -1.86. The summed E-state index contributed by atoms with van der Waals surface area (Å²) in [6, 6.07) is 3.63. The van der Waals surface area contributed by atoms with Crippen molar-refractivity contribution in [3.8, 4) is 5.88 Å². The minimum absolute atomic E-state index is 0.0583. The van der Waals surface area contributed by atoms with Gasteiger partial charge in [-0.2, -0.15) is 0 Å². The van der Waals surface area contributed by atoms with Crippen molar-refractivity contribution in [2.75, 3.05) is 33.4 Å². The largest absolute Gasteiger partial charge is 0.481 e. The second kappa shape index (κ2) is 7.36. The van der Waals surface area contributed by atoms with Crippen LogP contribution in [0.2, 0.25) is 0 Å². The second-order valence-corrected chi connectivity index (χ2v) is 6.36. The Morgan fingerprint density at radius 2 is 2.29 bits per heavy atom. The first kappa shape index (κ1) is 17.0. The molecular formula is C17H25N3O4. The summed E-state index contributed by atoms with van der Waals surface area (Å²) in [6.45, 7) is 5.10. The highest BCUT2D eigenvalue weighted by Gasteiger charge is 2.42. The SMILES string of the molecule is COc1cc(CNC(=O)N2CCC[C@@H](C3(C)OCCO3)C2)ccn1. The molecule has 7 nitrogen and oxygen atoms in total. The van der Waals surface area contributed by atoms with E-state index in [4.69, 9.17) is 14.2 Å². The molecule has 3 rings (SSSR count). The van der Waals surface area contributed by atoms with Gasteiger partial charge < -0.3 is 24.4 Å². The molecule has 1 aromatic heterocycles. The van der Waals surface area contributed by atoms with Crippen molar-refractivity contribution in [2.45, 2.75) is 32.1 Å². The topological polar surface area (TPSA) is 72.9 Å². The molecular weight excluding hydrogens is 310 g/mol. The highest BCUT2D eigenvalue weighted by atomic mass is 16.7. The van der Waals surface area contributed by atoms with E-state index < -0.39 is 5.79 Å². The van der Waals surface area contributed by atoms with E-state index in [0.717, 1.165) is 24.9 Å².